The lowest BCUT2D eigenvalue weighted by Gasteiger charge is -2.24. The molecule has 0 saturated carbocycles. The zero-order chi connectivity index (χ0) is 33.7. The smallest absolute Gasteiger partial charge is 0.339 e. The van der Waals surface area contributed by atoms with Gasteiger partial charge in [-0.1, -0.05) is 86.2 Å². The molecule has 0 amide bonds. The number of hydrogen-bond donors (Lipinski definition) is 1. The second-order valence-corrected chi connectivity index (χ2v) is 14.1. The van der Waals surface area contributed by atoms with E-state index in [1.165, 1.54) is 5.56 Å². The normalized spacial score (nSPS) is 17.6. The van der Waals surface area contributed by atoms with E-state index < -0.39 is 5.60 Å². The van der Waals surface area contributed by atoms with E-state index in [4.69, 9.17) is 14.5 Å². The van der Waals surface area contributed by atoms with E-state index in [2.05, 4.69) is 89.3 Å². The van der Waals surface area contributed by atoms with Crippen LogP contribution in [0.2, 0.25) is 0 Å². The first-order chi connectivity index (χ1) is 23.2. The molecule has 48 heavy (non-hydrogen) atoms. The van der Waals surface area contributed by atoms with Crippen LogP contribution < -0.4 is 10.1 Å². The summed E-state index contributed by atoms with van der Waals surface area (Å²) in [6, 6.07) is 21.3. The van der Waals surface area contributed by atoms with E-state index in [0.717, 1.165) is 84.6 Å². The Morgan fingerprint density at radius 2 is 1.77 bits per heavy atom. The van der Waals surface area contributed by atoms with Gasteiger partial charge in [0.05, 0.1) is 17.7 Å². The molecule has 1 aliphatic heterocycles. The number of ether oxygens (including phenoxy) is 2. The summed E-state index contributed by atoms with van der Waals surface area (Å²) in [5, 5.41) is 3.60. The van der Waals surface area contributed by atoms with E-state index in [-0.39, 0.29) is 5.97 Å². The summed E-state index contributed by atoms with van der Waals surface area (Å²) in [7, 11) is 0. The molecular formula is C41H50N4O3. The molecule has 4 aromatic rings. The van der Waals surface area contributed by atoms with Crippen molar-refractivity contribution in [2.24, 2.45) is 0 Å². The predicted molar refractivity (Wildman–Crippen MR) is 195 cm³/mol. The molecule has 1 N–H and O–H groups in total. The number of nitrogens with zero attached hydrogens (tertiary/aromatic N) is 3. The number of imidazole rings is 1. The maximum absolute atomic E-state index is 13.0. The van der Waals surface area contributed by atoms with E-state index in [9.17, 15) is 4.79 Å². The van der Waals surface area contributed by atoms with Crippen molar-refractivity contribution in [3.63, 3.8) is 0 Å². The monoisotopic (exact) mass is 646 g/mol. The van der Waals surface area contributed by atoms with E-state index in [1.807, 2.05) is 45.0 Å². The topological polar surface area (TPSA) is 68.6 Å². The molecule has 6 rings (SSSR count). The number of carbonyl (C=O) groups is 1. The molecule has 0 spiro atoms. The first-order valence-corrected chi connectivity index (χ1v) is 17.6. The van der Waals surface area contributed by atoms with Crippen LogP contribution in [0.15, 0.2) is 85.0 Å². The highest BCUT2D eigenvalue weighted by atomic mass is 16.6. The van der Waals surface area contributed by atoms with Gasteiger partial charge < -0.3 is 14.0 Å². The number of allylic oxidation sites excluding steroid dienone is 2. The van der Waals surface area contributed by atoms with Crippen LogP contribution in [0.3, 0.4) is 0 Å². The van der Waals surface area contributed by atoms with Crippen LogP contribution in [0, 0.1) is 6.92 Å². The van der Waals surface area contributed by atoms with Crippen molar-refractivity contribution < 1.29 is 14.3 Å². The molecule has 7 heteroatoms. The molecule has 1 aliphatic carbocycles. The fourth-order valence-corrected chi connectivity index (χ4v) is 6.70. The molecule has 2 unspecified atom stereocenters. The minimum Gasteiger partial charge on any atom is -0.491 e. The molecule has 0 bridgehead atoms. The van der Waals surface area contributed by atoms with Crippen molar-refractivity contribution in [2.75, 3.05) is 19.8 Å². The maximum atomic E-state index is 13.0. The highest BCUT2D eigenvalue weighted by molar-refractivity contribution is 5.97. The van der Waals surface area contributed by atoms with Gasteiger partial charge in [-0.15, -0.1) is 0 Å². The van der Waals surface area contributed by atoms with Crippen LogP contribution in [0.1, 0.15) is 80.7 Å². The first kappa shape index (κ1) is 33.7. The van der Waals surface area contributed by atoms with Crippen LogP contribution in [-0.4, -0.2) is 57.9 Å². The van der Waals surface area contributed by atoms with E-state index in [0.29, 0.717) is 30.8 Å². The Bertz CT molecular complexity index is 1780. The molecule has 2 heterocycles. The Morgan fingerprint density at radius 1 is 0.979 bits per heavy atom. The van der Waals surface area contributed by atoms with Gasteiger partial charge in [0, 0.05) is 38.3 Å². The molecule has 3 aromatic carbocycles. The van der Waals surface area contributed by atoms with Crippen molar-refractivity contribution in [3.8, 4) is 16.9 Å². The van der Waals surface area contributed by atoms with Crippen molar-refractivity contribution in [3.05, 3.63) is 107 Å². The van der Waals surface area contributed by atoms with Crippen molar-refractivity contribution in [1.29, 1.82) is 0 Å². The molecule has 0 radical (unpaired) electrons. The Hall–Kier alpha value is -4.20. The van der Waals surface area contributed by atoms with Crippen LogP contribution >= 0.6 is 0 Å². The standard InChI is InChI=1S/C41H50N4O3/c1-6-7-18-37-43-38-29(2)19-24-36(47-26-13-12-25-44-28-42-34-16-10-11-17-35(34)44)39(38)45(37)27-30-20-22-31(23-21-30)32-14-8-9-15-33(32)40(46)48-41(3,4)5/h8-11,14-17,19-24,34-35,42H,6-7,12-13,18,25-28H2,1-5H3. The minimum absolute atomic E-state index is 0.309. The molecular weight excluding hydrogens is 596 g/mol. The van der Waals surface area contributed by atoms with Gasteiger partial charge in [0.25, 0.3) is 0 Å². The van der Waals surface area contributed by atoms with Crippen molar-refractivity contribution >= 4 is 17.0 Å². The van der Waals surface area contributed by atoms with Crippen LogP contribution in [-0.2, 0) is 17.7 Å². The quantitative estimate of drug-likeness (QED) is 0.117. The number of carbonyl (C=O) groups excluding carboxylic acids is 1. The molecule has 1 aromatic heterocycles. The zero-order valence-electron chi connectivity index (χ0n) is 29.2. The van der Waals surface area contributed by atoms with Crippen molar-refractivity contribution in [2.45, 2.75) is 91.0 Å². The summed E-state index contributed by atoms with van der Waals surface area (Å²) in [4.78, 5) is 20.7. The Labute approximate surface area is 285 Å². The average molecular weight is 647 g/mol. The second-order valence-electron chi connectivity index (χ2n) is 14.1. The van der Waals surface area contributed by atoms with Gasteiger partial charge in [-0.05, 0) is 81.3 Å². The second kappa shape index (κ2) is 14.9. The third kappa shape index (κ3) is 7.74. The summed E-state index contributed by atoms with van der Waals surface area (Å²) in [5.41, 5.74) is 6.30. The number of aryl methyl sites for hydroxylation is 2. The number of benzene rings is 3. The summed E-state index contributed by atoms with van der Waals surface area (Å²) in [6.07, 6.45) is 14.0. The number of aromatic nitrogens is 2. The lowest BCUT2D eigenvalue weighted by atomic mass is 9.98. The lowest BCUT2D eigenvalue weighted by Crippen LogP contribution is -2.35. The number of rotatable bonds is 13. The third-order valence-electron chi connectivity index (χ3n) is 9.20. The molecule has 1 saturated heterocycles. The van der Waals surface area contributed by atoms with Crippen LogP contribution in [0.25, 0.3) is 22.2 Å². The van der Waals surface area contributed by atoms with Crippen LogP contribution in [0.4, 0.5) is 0 Å². The maximum Gasteiger partial charge on any atom is 0.339 e. The number of unbranched alkanes of at least 4 members (excludes halogenated alkanes) is 2. The van der Waals surface area contributed by atoms with Gasteiger partial charge in [-0.3, -0.25) is 10.2 Å². The fraction of sp³-hybridized carbons (Fsp3) is 0.415. The fourth-order valence-electron chi connectivity index (χ4n) is 6.70. The minimum atomic E-state index is -0.558. The molecule has 252 valence electrons. The van der Waals surface area contributed by atoms with Gasteiger partial charge in [0.1, 0.15) is 22.7 Å². The summed E-state index contributed by atoms with van der Waals surface area (Å²) in [6.45, 7) is 13.4. The summed E-state index contributed by atoms with van der Waals surface area (Å²) >= 11 is 0. The molecule has 7 nitrogen and oxygen atoms in total. The van der Waals surface area contributed by atoms with Gasteiger partial charge in [-0.25, -0.2) is 9.78 Å². The summed E-state index contributed by atoms with van der Waals surface area (Å²) in [5.74, 6) is 1.68. The molecule has 2 atom stereocenters. The Balaban J connectivity index is 1.19. The molecule has 2 aliphatic rings. The van der Waals surface area contributed by atoms with Gasteiger partial charge >= 0.3 is 5.97 Å². The Kier molecular flexibility index (Phi) is 10.5. The lowest BCUT2D eigenvalue weighted by molar-refractivity contribution is 0.00704. The van der Waals surface area contributed by atoms with Crippen molar-refractivity contribution in [1.82, 2.24) is 19.8 Å². The largest absolute Gasteiger partial charge is 0.491 e. The highest BCUT2D eigenvalue weighted by Crippen LogP contribution is 2.32. The van der Waals surface area contributed by atoms with Crippen LogP contribution in [0.5, 0.6) is 5.75 Å². The number of hydrogen-bond acceptors (Lipinski definition) is 6. The first-order valence-electron chi connectivity index (χ1n) is 17.6. The van der Waals surface area contributed by atoms with Gasteiger partial charge in [0.2, 0.25) is 0 Å². The Morgan fingerprint density at radius 3 is 2.56 bits per heavy atom. The number of fused-ring (bicyclic) bond motifs is 2. The third-order valence-corrected chi connectivity index (χ3v) is 9.20. The van der Waals surface area contributed by atoms with E-state index >= 15 is 0 Å². The van der Waals surface area contributed by atoms with E-state index in [1.54, 1.807) is 0 Å². The zero-order valence-corrected chi connectivity index (χ0v) is 29.2. The average Bonchev–Trinajstić information content (AvgIpc) is 3.66. The number of esters is 1. The van der Waals surface area contributed by atoms with Gasteiger partial charge in [-0.2, -0.15) is 0 Å². The molecule has 1 fully saturated rings. The SMILES string of the molecule is CCCCc1nc2c(C)ccc(OCCCCN3CNC4C=CC=CC43)c2n1Cc1ccc(-c2ccccc2C(=O)OC(C)(C)C)cc1. The highest BCUT2D eigenvalue weighted by Gasteiger charge is 2.30. The summed E-state index contributed by atoms with van der Waals surface area (Å²) < 4.78 is 14.6. The van der Waals surface area contributed by atoms with Gasteiger partial charge in [0.15, 0.2) is 0 Å². The predicted octanol–water partition coefficient (Wildman–Crippen LogP) is 8.24. The number of nitrogens with one attached hydrogen (secondary N) is 1.